The molecule has 3 N–H and O–H groups in total. The second kappa shape index (κ2) is 9.85. The van der Waals surface area contributed by atoms with Gasteiger partial charge in [-0.3, -0.25) is 14.5 Å². The SMILES string of the molecule is O=C(c1ccccc1)c1ccc(OP(=O)(O)Oc2ccc(C(=O)c3ccccc3)c(O)c2)cc1O. The van der Waals surface area contributed by atoms with Gasteiger partial charge >= 0.3 is 7.82 Å². The van der Waals surface area contributed by atoms with E-state index in [0.717, 1.165) is 12.1 Å². The number of phosphoric acid groups is 1. The first kappa shape index (κ1) is 23.8. The van der Waals surface area contributed by atoms with E-state index in [1.807, 2.05) is 0 Å². The quantitative estimate of drug-likeness (QED) is 0.229. The molecule has 0 saturated heterocycles. The van der Waals surface area contributed by atoms with Crippen LogP contribution in [0.4, 0.5) is 0 Å². The number of aromatic hydroxyl groups is 2. The molecule has 0 heterocycles. The lowest BCUT2D eigenvalue weighted by atomic mass is 10.0. The van der Waals surface area contributed by atoms with Crippen LogP contribution in [0.5, 0.6) is 23.0 Å². The molecule has 176 valence electrons. The molecule has 4 aromatic rings. The topological polar surface area (TPSA) is 130 Å². The maximum atomic E-state index is 12.5. The third-order valence-corrected chi connectivity index (χ3v) is 5.82. The van der Waals surface area contributed by atoms with Gasteiger partial charge in [0.1, 0.15) is 23.0 Å². The van der Waals surface area contributed by atoms with Crippen molar-refractivity contribution in [2.24, 2.45) is 0 Å². The Labute approximate surface area is 200 Å². The van der Waals surface area contributed by atoms with Crippen LogP contribution in [0.2, 0.25) is 0 Å². The molecule has 0 unspecified atom stereocenters. The van der Waals surface area contributed by atoms with Gasteiger partial charge in [0.05, 0.1) is 11.1 Å². The molecule has 0 fully saturated rings. The zero-order chi connectivity index (χ0) is 25.0. The van der Waals surface area contributed by atoms with Gasteiger partial charge in [0.25, 0.3) is 0 Å². The van der Waals surface area contributed by atoms with E-state index in [-0.39, 0.29) is 22.6 Å². The number of benzene rings is 4. The molecule has 0 spiro atoms. The van der Waals surface area contributed by atoms with E-state index in [1.54, 1.807) is 60.7 Å². The average Bonchev–Trinajstić information content (AvgIpc) is 2.84. The fraction of sp³-hybridized carbons (Fsp3) is 0. The van der Waals surface area contributed by atoms with E-state index in [2.05, 4.69) is 0 Å². The Balaban J connectivity index is 1.47. The normalized spacial score (nSPS) is 11.0. The summed E-state index contributed by atoms with van der Waals surface area (Å²) < 4.78 is 22.4. The molecule has 0 radical (unpaired) electrons. The van der Waals surface area contributed by atoms with Crippen LogP contribution in [-0.2, 0) is 4.57 Å². The minimum absolute atomic E-state index is 0.0131. The molecular formula is C26H19O8P. The molecule has 0 aliphatic carbocycles. The lowest BCUT2D eigenvalue weighted by Gasteiger charge is -2.15. The molecule has 4 rings (SSSR count). The molecule has 0 saturated carbocycles. The molecule has 0 aliphatic rings. The van der Waals surface area contributed by atoms with Crippen molar-refractivity contribution in [2.75, 3.05) is 0 Å². The van der Waals surface area contributed by atoms with Gasteiger partial charge in [-0.2, -0.15) is 0 Å². The van der Waals surface area contributed by atoms with E-state index >= 15 is 0 Å². The van der Waals surface area contributed by atoms with Gasteiger partial charge in [0, 0.05) is 23.3 Å². The number of carbonyl (C=O) groups excluding carboxylic acids is 2. The first-order valence-electron chi connectivity index (χ1n) is 10.3. The van der Waals surface area contributed by atoms with Crippen LogP contribution >= 0.6 is 7.82 Å². The number of rotatable bonds is 8. The summed E-state index contributed by atoms with van der Waals surface area (Å²) >= 11 is 0. The third-order valence-electron chi connectivity index (χ3n) is 4.94. The van der Waals surface area contributed by atoms with Crippen LogP contribution in [0.25, 0.3) is 0 Å². The smallest absolute Gasteiger partial charge is 0.507 e. The van der Waals surface area contributed by atoms with Crippen molar-refractivity contribution in [2.45, 2.75) is 0 Å². The zero-order valence-electron chi connectivity index (χ0n) is 18.1. The van der Waals surface area contributed by atoms with Gasteiger partial charge in [-0.25, -0.2) is 4.57 Å². The third kappa shape index (κ3) is 5.58. The highest BCUT2D eigenvalue weighted by molar-refractivity contribution is 7.48. The number of carbonyl (C=O) groups is 2. The van der Waals surface area contributed by atoms with Crippen molar-refractivity contribution in [3.05, 3.63) is 119 Å². The van der Waals surface area contributed by atoms with Crippen molar-refractivity contribution in [1.82, 2.24) is 0 Å². The fourth-order valence-corrected chi connectivity index (χ4v) is 4.09. The van der Waals surface area contributed by atoms with Crippen molar-refractivity contribution < 1.29 is 38.3 Å². The number of phenols is 2. The highest BCUT2D eigenvalue weighted by atomic mass is 31.2. The van der Waals surface area contributed by atoms with Gasteiger partial charge in [0.2, 0.25) is 0 Å². The number of hydrogen-bond donors (Lipinski definition) is 3. The summed E-state index contributed by atoms with van der Waals surface area (Å²) in [7, 11) is -4.76. The maximum absolute atomic E-state index is 12.5. The summed E-state index contributed by atoms with van der Waals surface area (Å²) in [6.07, 6.45) is 0. The maximum Gasteiger partial charge on any atom is 0.584 e. The first-order chi connectivity index (χ1) is 16.7. The second-order valence-corrected chi connectivity index (χ2v) is 8.70. The van der Waals surface area contributed by atoms with Crippen molar-refractivity contribution in [3.8, 4) is 23.0 Å². The highest BCUT2D eigenvalue weighted by Crippen LogP contribution is 2.46. The van der Waals surface area contributed by atoms with Crippen molar-refractivity contribution in [3.63, 3.8) is 0 Å². The number of ketones is 2. The Morgan fingerprint density at radius 3 is 1.31 bits per heavy atom. The minimum atomic E-state index is -4.76. The van der Waals surface area contributed by atoms with Gasteiger partial charge < -0.3 is 19.3 Å². The average molecular weight is 490 g/mol. The molecule has 0 aromatic heterocycles. The molecule has 0 amide bonds. The van der Waals surface area contributed by atoms with Gasteiger partial charge in [-0.05, 0) is 24.3 Å². The number of phenolic OH excluding ortho intramolecular Hbond substituents is 2. The molecule has 0 aliphatic heterocycles. The molecule has 4 aromatic carbocycles. The summed E-state index contributed by atoms with van der Waals surface area (Å²) in [5.41, 5.74) is 0.699. The van der Waals surface area contributed by atoms with Crippen molar-refractivity contribution >= 4 is 19.4 Å². The fourth-order valence-electron chi connectivity index (χ4n) is 3.30. The monoisotopic (exact) mass is 490 g/mol. The standard InChI is InChI=1S/C26H19O8P/c27-23-15-19(11-13-21(23)25(29)17-7-3-1-4-8-17)33-35(31,32)34-20-12-14-22(24(28)16-20)26(30)18-9-5-2-6-10-18/h1-16,27-28H,(H,31,32). The Kier molecular flexibility index (Phi) is 6.68. The van der Waals surface area contributed by atoms with Crippen LogP contribution in [-0.4, -0.2) is 26.7 Å². The molecule has 8 nitrogen and oxygen atoms in total. The summed E-state index contributed by atoms with van der Waals surface area (Å²) in [5.74, 6) is -2.20. The van der Waals surface area contributed by atoms with E-state index < -0.39 is 30.9 Å². The predicted molar refractivity (Wildman–Crippen MR) is 127 cm³/mol. The molecule has 0 bridgehead atoms. The summed E-state index contributed by atoms with van der Waals surface area (Å²) in [5, 5.41) is 20.5. The van der Waals surface area contributed by atoms with E-state index in [0.29, 0.717) is 11.1 Å². The van der Waals surface area contributed by atoms with E-state index in [1.165, 1.54) is 24.3 Å². The Hall–Kier alpha value is -4.39. The Morgan fingerprint density at radius 2 is 0.971 bits per heavy atom. The summed E-state index contributed by atoms with van der Waals surface area (Å²) in [6.45, 7) is 0. The lowest BCUT2D eigenvalue weighted by molar-refractivity contribution is 0.102. The molecule has 35 heavy (non-hydrogen) atoms. The molecular weight excluding hydrogens is 471 g/mol. The zero-order valence-corrected chi connectivity index (χ0v) is 19.0. The molecule has 9 heteroatoms. The second-order valence-electron chi connectivity index (χ2n) is 7.40. The summed E-state index contributed by atoms with van der Waals surface area (Å²) in [4.78, 5) is 35.2. The Morgan fingerprint density at radius 1 is 0.600 bits per heavy atom. The Bertz CT molecular complexity index is 1330. The molecule has 0 atom stereocenters. The number of hydrogen-bond acceptors (Lipinski definition) is 7. The van der Waals surface area contributed by atoms with Crippen LogP contribution in [0.3, 0.4) is 0 Å². The van der Waals surface area contributed by atoms with Crippen LogP contribution < -0.4 is 9.05 Å². The van der Waals surface area contributed by atoms with Gasteiger partial charge in [-0.15, -0.1) is 0 Å². The van der Waals surface area contributed by atoms with Crippen molar-refractivity contribution in [1.29, 1.82) is 0 Å². The van der Waals surface area contributed by atoms with Crippen LogP contribution in [0, 0.1) is 0 Å². The van der Waals surface area contributed by atoms with E-state index in [9.17, 15) is 29.3 Å². The highest BCUT2D eigenvalue weighted by Gasteiger charge is 2.27. The van der Waals surface area contributed by atoms with Crippen LogP contribution in [0.15, 0.2) is 97.1 Å². The summed E-state index contributed by atoms with van der Waals surface area (Å²) in [6, 6.07) is 23.6. The number of phosphoric ester groups is 1. The first-order valence-corrected chi connectivity index (χ1v) is 11.8. The predicted octanol–water partition coefficient (Wildman–Crippen LogP) is 5.12. The van der Waals surface area contributed by atoms with Crippen LogP contribution in [0.1, 0.15) is 31.8 Å². The minimum Gasteiger partial charge on any atom is -0.507 e. The lowest BCUT2D eigenvalue weighted by Crippen LogP contribution is -2.04. The van der Waals surface area contributed by atoms with Gasteiger partial charge in [-0.1, -0.05) is 60.7 Å². The van der Waals surface area contributed by atoms with E-state index in [4.69, 9.17) is 9.05 Å². The largest absolute Gasteiger partial charge is 0.584 e. The van der Waals surface area contributed by atoms with Gasteiger partial charge in [0.15, 0.2) is 11.6 Å².